The summed E-state index contributed by atoms with van der Waals surface area (Å²) in [6, 6.07) is 0.690. The van der Waals surface area contributed by atoms with Crippen molar-refractivity contribution in [2.24, 2.45) is 0 Å². The first-order valence-corrected chi connectivity index (χ1v) is 4.89. The van der Waals surface area contributed by atoms with Crippen LogP contribution in [0.3, 0.4) is 0 Å². The maximum Gasteiger partial charge on any atom is 0.390 e. The van der Waals surface area contributed by atoms with Gasteiger partial charge in [-0.1, -0.05) is 0 Å². The smallest absolute Gasteiger partial charge is 0.312 e. The highest BCUT2D eigenvalue weighted by Gasteiger charge is 2.29. The minimum Gasteiger partial charge on any atom is -0.312 e. The summed E-state index contributed by atoms with van der Waals surface area (Å²) in [5.74, 6) is 0. The highest BCUT2D eigenvalue weighted by atomic mass is 19.4. The van der Waals surface area contributed by atoms with E-state index in [1.165, 1.54) is 0 Å². The molecule has 0 bridgehead atoms. The predicted molar refractivity (Wildman–Crippen MR) is 49.2 cm³/mol. The summed E-state index contributed by atoms with van der Waals surface area (Å²) in [6.45, 7) is 2.97. The van der Waals surface area contributed by atoms with E-state index in [1.54, 1.807) is 0 Å². The van der Waals surface area contributed by atoms with Crippen molar-refractivity contribution in [1.82, 2.24) is 10.2 Å². The second-order valence-corrected chi connectivity index (χ2v) is 4.04. The number of nitrogens with zero attached hydrogens (tertiary/aromatic N) is 1. The molecule has 1 N–H and O–H groups in total. The zero-order chi connectivity index (χ0) is 10.8. The van der Waals surface area contributed by atoms with Crippen LogP contribution < -0.4 is 5.32 Å². The third-order valence-electron chi connectivity index (χ3n) is 2.73. The largest absolute Gasteiger partial charge is 0.390 e. The van der Waals surface area contributed by atoms with Crippen LogP contribution in [0.5, 0.6) is 0 Å². The maximum absolute atomic E-state index is 11.8. The quantitative estimate of drug-likeness (QED) is 0.761. The Morgan fingerprint density at radius 1 is 1.43 bits per heavy atom. The van der Waals surface area contributed by atoms with E-state index in [2.05, 4.69) is 17.1 Å². The van der Waals surface area contributed by atoms with Crippen LogP contribution in [0.15, 0.2) is 0 Å². The third-order valence-corrected chi connectivity index (χ3v) is 2.73. The number of nitrogens with one attached hydrogen (secondary N) is 1. The molecule has 0 amide bonds. The molecule has 2 atom stereocenters. The summed E-state index contributed by atoms with van der Waals surface area (Å²) in [7, 11) is 2.00. The van der Waals surface area contributed by atoms with Crippen LogP contribution in [-0.2, 0) is 0 Å². The van der Waals surface area contributed by atoms with Crippen molar-refractivity contribution in [3.8, 4) is 0 Å². The number of rotatable bonds is 3. The van der Waals surface area contributed by atoms with E-state index in [4.69, 9.17) is 0 Å². The van der Waals surface area contributed by atoms with E-state index in [9.17, 15) is 13.2 Å². The first-order chi connectivity index (χ1) is 6.38. The second-order valence-electron chi connectivity index (χ2n) is 4.04. The molecule has 0 spiro atoms. The van der Waals surface area contributed by atoms with E-state index >= 15 is 0 Å². The number of likely N-dealkylation sites (tertiary alicyclic amines) is 1. The van der Waals surface area contributed by atoms with Crippen LogP contribution in [0.2, 0.25) is 0 Å². The molecule has 1 rings (SSSR count). The Bertz CT molecular complexity index is 171. The summed E-state index contributed by atoms with van der Waals surface area (Å²) >= 11 is 0. The van der Waals surface area contributed by atoms with Crippen molar-refractivity contribution < 1.29 is 13.2 Å². The lowest BCUT2D eigenvalue weighted by Crippen LogP contribution is -2.34. The average molecular weight is 210 g/mol. The molecule has 1 saturated heterocycles. The molecule has 1 aliphatic heterocycles. The van der Waals surface area contributed by atoms with Crippen LogP contribution in [0.25, 0.3) is 0 Å². The fourth-order valence-electron chi connectivity index (χ4n) is 1.76. The predicted octanol–water partition coefficient (Wildman–Crippen LogP) is 1.62. The Morgan fingerprint density at radius 3 is 2.50 bits per heavy atom. The highest BCUT2D eigenvalue weighted by Crippen LogP contribution is 2.19. The van der Waals surface area contributed by atoms with Crippen molar-refractivity contribution in [2.45, 2.75) is 38.0 Å². The molecule has 84 valence electrons. The van der Waals surface area contributed by atoms with Gasteiger partial charge in [-0.15, -0.1) is 0 Å². The number of alkyl halides is 3. The Morgan fingerprint density at radius 2 is 2.07 bits per heavy atom. The molecular formula is C9H17F3N2. The molecule has 14 heavy (non-hydrogen) atoms. The number of hydrogen-bond donors (Lipinski definition) is 1. The van der Waals surface area contributed by atoms with E-state index in [1.807, 2.05) is 7.05 Å². The van der Waals surface area contributed by atoms with Crippen LogP contribution in [-0.4, -0.2) is 43.3 Å². The molecule has 0 aliphatic carbocycles. The van der Waals surface area contributed by atoms with E-state index in [0.717, 1.165) is 13.0 Å². The van der Waals surface area contributed by atoms with Gasteiger partial charge in [-0.25, -0.2) is 0 Å². The average Bonchev–Trinajstić information content (AvgIpc) is 2.28. The highest BCUT2D eigenvalue weighted by molar-refractivity contribution is 4.84. The molecule has 1 aliphatic rings. The Hall–Kier alpha value is -0.290. The van der Waals surface area contributed by atoms with Gasteiger partial charge in [0.05, 0.1) is 6.42 Å². The zero-order valence-corrected chi connectivity index (χ0v) is 8.56. The van der Waals surface area contributed by atoms with E-state index in [0.29, 0.717) is 6.04 Å². The molecule has 2 unspecified atom stereocenters. The lowest BCUT2D eigenvalue weighted by Gasteiger charge is -2.13. The van der Waals surface area contributed by atoms with Crippen molar-refractivity contribution in [2.75, 3.05) is 20.1 Å². The summed E-state index contributed by atoms with van der Waals surface area (Å²) < 4.78 is 35.5. The molecule has 1 heterocycles. The molecule has 2 nitrogen and oxygen atoms in total. The summed E-state index contributed by atoms with van der Waals surface area (Å²) in [4.78, 5) is 2.16. The molecule has 0 aromatic carbocycles. The Kier molecular flexibility index (Phi) is 3.78. The van der Waals surface area contributed by atoms with E-state index < -0.39 is 12.6 Å². The van der Waals surface area contributed by atoms with Gasteiger partial charge in [-0.3, -0.25) is 0 Å². The van der Waals surface area contributed by atoms with Gasteiger partial charge in [0.1, 0.15) is 0 Å². The maximum atomic E-state index is 11.8. The fourth-order valence-corrected chi connectivity index (χ4v) is 1.76. The van der Waals surface area contributed by atoms with Gasteiger partial charge < -0.3 is 10.2 Å². The molecular weight excluding hydrogens is 193 g/mol. The van der Waals surface area contributed by atoms with Gasteiger partial charge in [0.2, 0.25) is 0 Å². The van der Waals surface area contributed by atoms with Crippen molar-refractivity contribution in [1.29, 1.82) is 0 Å². The molecule has 0 radical (unpaired) electrons. The minimum atomic E-state index is -4.04. The number of hydrogen-bond acceptors (Lipinski definition) is 2. The standard InChI is InChI=1S/C9H17F3N2/c1-7-5-8(6-14(7)2)13-4-3-9(10,11)12/h7-8,13H,3-6H2,1-2H3. The van der Waals surface area contributed by atoms with Gasteiger partial charge >= 0.3 is 6.18 Å². The van der Waals surface area contributed by atoms with Gasteiger partial charge in [-0.2, -0.15) is 13.2 Å². The van der Waals surface area contributed by atoms with E-state index in [-0.39, 0.29) is 12.6 Å². The number of halogens is 3. The van der Waals surface area contributed by atoms with Gasteiger partial charge in [0.25, 0.3) is 0 Å². The van der Waals surface area contributed by atoms with Crippen molar-refractivity contribution >= 4 is 0 Å². The van der Waals surface area contributed by atoms with Crippen molar-refractivity contribution in [3.63, 3.8) is 0 Å². The molecule has 0 saturated carbocycles. The fraction of sp³-hybridized carbons (Fsp3) is 1.00. The molecule has 0 aromatic heterocycles. The summed E-state index contributed by atoms with van der Waals surface area (Å²) in [5, 5.41) is 2.94. The topological polar surface area (TPSA) is 15.3 Å². The van der Waals surface area contributed by atoms with Crippen molar-refractivity contribution in [3.05, 3.63) is 0 Å². The van der Waals surface area contributed by atoms with Gasteiger partial charge in [-0.05, 0) is 20.4 Å². The second kappa shape index (κ2) is 4.49. The Balaban J connectivity index is 2.15. The van der Waals surface area contributed by atoms with Crippen LogP contribution in [0.1, 0.15) is 19.8 Å². The third kappa shape index (κ3) is 3.84. The van der Waals surface area contributed by atoms with Crippen LogP contribution >= 0.6 is 0 Å². The first-order valence-electron chi connectivity index (χ1n) is 4.89. The SMILES string of the molecule is CC1CC(NCCC(F)(F)F)CN1C. The first kappa shape index (κ1) is 11.8. The lowest BCUT2D eigenvalue weighted by atomic mass is 10.2. The summed E-state index contributed by atoms with van der Waals surface area (Å²) in [5.41, 5.74) is 0. The van der Waals surface area contributed by atoms with Gasteiger partial charge in [0, 0.05) is 25.2 Å². The number of likely N-dealkylation sites (N-methyl/N-ethyl adjacent to an activating group) is 1. The molecule has 0 aromatic rings. The zero-order valence-electron chi connectivity index (χ0n) is 8.56. The minimum absolute atomic E-state index is 0.0364. The van der Waals surface area contributed by atoms with Gasteiger partial charge in [0.15, 0.2) is 0 Å². The summed E-state index contributed by atoms with van der Waals surface area (Å²) in [6.07, 6.45) is -3.83. The molecule has 1 fully saturated rings. The Labute approximate surface area is 82.5 Å². The monoisotopic (exact) mass is 210 g/mol. The van der Waals surface area contributed by atoms with Crippen LogP contribution in [0, 0.1) is 0 Å². The van der Waals surface area contributed by atoms with Crippen LogP contribution in [0.4, 0.5) is 13.2 Å². The lowest BCUT2D eigenvalue weighted by molar-refractivity contribution is -0.133. The molecule has 5 heteroatoms. The normalized spacial score (nSPS) is 29.8.